The Morgan fingerprint density at radius 3 is 2.52 bits per heavy atom. The van der Waals surface area contributed by atoms with Crippen molar-refractivity contribution < 1.29 is 19.1 Å². The molecule has 33 heavy (non-hydrogen) atoms. The van der Waals surface area contributed by atoms with Gasteiger partial charge in [0.2, 0.25) is 0 Å². The molecule has 1 amide bonds. The third-order valence-corrected chi connectivity index (χ3v) is 7.05. The molecule has 2 saturated carbocycles. The fourth-order valence-electron chi connectivity index (χ4n) is 5.10. The molecule has 2 aliphatic carbocycles. The zero-order chi connectivity index (χ0) is 22.7. The monoisotopic (exact) mass is 448 g/mol. The molecule has 0 saturated heterocycles. The molecule has 174 valence electrons. The zero-order valence-electron chi connectivity index (χ0n) is 19.1. The van der Waals surface area contributed by atoms with Crippen LogP contribution in [0.3, 0.4) is 0 Å². The van der Waals surface area contributed by atoms with Crippen LogP contribution in [0.1, 0.15) is 67.3 Å². The molecule has 6 nitrogen and oxygen atoms in total. The highest BCUT2D eigenvalue weighted by Gasteiger charge is 2.39. The van der Waals surface area contributed by atoms with Gasteiger partial charge in [-0.3, -0.25) is 15.1 Å². The van der Waals surface area contributed by atoms with Gasteiger partial charge in [-0.05, 0) is 87.8 Å². The smallest absolute Gasteiger partial charge is 0.251 e. The minimum Gasteiger partial charge on any atom is -0.493 e. The maximum absolute atomic E-state index is 12.5. The summed E-state index contributed by atoms with van der Waals surface area (Å²) in [5.74, 6) is 1.54. The number of hydrogen-bond donors (Lipinski definition) is 2. The Balaban J connectivity index is 1.24. The standard InChI is InChI=1S/C27H32N2O4/c1-31-24-12-11-20(17-25(24)32-22-9-5-6-10-22)23-18-27(33-29-23)15-13-21(14-16-27)28-26(30)19-7-3-2-4-8-19/h2-4,7-8,11-12,17-18,21-22,29H,5-6,9-10,13-16H2,1H3,(H,28,30). The fourth-order valence-corrected chi connectivity index (χ4v) is 5.10. The van der Waals surface area contributed by atoms with Gasteiger partial charge in [0.05, 0.1) is 18.9 Å². The van der Waals surface area contributed by atoms with Crippen molar-refractivity contribution in [3.8, 4) is 11.5 Å². The first-order chi connectivity index (χ1) is 16.1. The van der Waals surface area contributed by atoms with E-state index in [2.05, 4.69) is 16.9 Å². The number of methoxy groups -OCH3 is 1. The lowest BCUT2D eigenvalue weighted by Crippen LogP contribution is -2.43. The molecule has 0 atom stereocenters. The van der Waals surface area contributed by atoms with E-state index in [1.165, 1.54) is 12.8 Å². The van der Waals surface area contributed by atoms with Gasteiger partial charge in [0.15, 0.2) is 11.5 Å². The second kappa shape index (κ2) is 9.48. The minimum atomic E-state index is -0.338. The van der Waals surface area contributed by atoms with E-state index in [1.54, 1.807) is 7.11 Å². The van der Waals surface area contributed by atoms with E-state index < -0.39 is 0 Å². The summed E-state index contributed by atoms with van der Waals surface area (Å²) >= 11 is 0. The lowest BCUT2D eigenvalue weighted by atomic mass is 9.81. The normalized spacial score (nSPS) is 24.9. The Kier molecular flexibility index (Phi) is 6.27. The molecule has 0 aromatic heterocycles. The van der Waals surface area contributed by atoms with Crippen molar-refractivity contribution in [2.75, 3.05) is 7.11 Å². The Hall–Kier alpha value is -2.99. The highest BCUT2D eigenvalue weighted by Crippen LogP contribution is 2.40. The van der Waals surface area contributed by atoms with E-state index in [0.717, 1.165) is 61.3 Å². The number of benzene rings is 2. The number of carbonyl (C=O) groups is 1. The van der Waals surface area contributed by atoms with Gasteiger partial charge in [0.1, 0.15) is 5.60 Å². The van der Waals surface area contributed by atoms with Crippen LogP contribution in [0.25, 0.3) is 5.70 Å². The van der Waals surface area contributed by atoms with E-state index in [4.69, 9.17) is 14.3 Å². The summed E-state index contributed by atoms with van der Waals surface area (Å²) in [7, 11) is 1.68. The van der Waals surface area contributed by atoms with Crippen LogP contribution in [0.2, 0.25) is 0 Å². The van der Waals surface area contributed by atoms with E-state index >= 15 is 0 Å². The van der Waals surface area contributed by atoms with Crippen molar-refractivity contribution in [1.29, 1.82) is 0 Å². The van der Waals surface area contributed by atoms with E-state index in [1.807, 2.05) is 48.5 Å². The van der Waals surface area contributed by atoms with Crippen molar-refractivity contribution in [3.05, 3.63) is 65.7 Å². The van der Waals surface area contributed by atoms with Gasteiger partial charge >= 0.3 is 0 Å². The summed E-state index contributed by atoms with van der Waals surface area (Å²) in [4.78, 5) is 18.6. The first-order valence-electron chi connectivity index (χ1n) is 12.0. The highest BCUT2D eigenvalue weighted by atomic mass is 16.7. The molecular formula is C27H32N2O4. The van der Waals surface area contributed by atoms with Crippen LogP contribution in [0, 0.1) is 0 Å². The largest absolute Gasteiger partial charge is 0.493 e. The van der Waals surface area contributed by atoms with Crippen LogP contribution in [0.5, 0.6) is 11.5 Å². The average molecular weight is 449 g/mol. The van der Waals surface area contributed by atoms with Crippen molar-refractivity contribution in [1.82, 2.24) is 10.8 Å². The number of rotatable bonds is 6. The Morgan fingerprint density at radius 1 is 1.03 bits per heavy atom. The lowest BCUT2D eigenvalue weighted by Gasteiger charge is -2.34. The van der Waals surface area contributed by atoms with Gasteiger partial charge in [-0.1, -0.05) is 18.2 Å². The molecule has 1 aliphatic heterocycles. The molecule has 0 bridgehead atoms. The number of hydroxylamine groups is 1. The average Bonchev–Trinajstić information content (AvgIpc) is 3.52. The van der Waals surface area contributed by atoms with Crippen molar-refractivity contribution in [2.24, 2.45) is 0 Å². The van der Waals surface area contributed by atoms with E-state index in [-0.39, 0.29) is 23.7 Å². The number of amides is 1. The molecule has 6 heteroatoms. The summed E-state index contributed by atoms with van der Waals surface area (Å²) in [6.07, 6.45) is 10.6. The molecule has 2 aromatic carbocycles. The van der Waals surface area contributed by atoms with E-state index in [9.17, 15) is 4.79 Å². The van der Waals surface area contributed by atoms with Gasteiger partial charge in [-0.25, -0.2) is 0 Å². The Morgan fingerprint density at radius 2 is 1.79 bits per heavy atom. The predicted molar refractivity (Wildman–Crippen MR) is 127 cm³/mol. The molecule has 5 rings (SSSR count). The maximum atomic E-state index is 12.5. The van der Waals surface area contributed by atoms with Gasteiger partial charge < -0.3 is 14.8 Å². The zero-order valence-corrected chi connectivity index (χ0v) is 19.1. The van der Waals surface area contributed by atoms with Crippen molar-refractivity contribution in [2.45, 2.75) is 69.1 Å². The molecule has 1 heterocycles. The summed E-state index contributed by atoms with van der Waals surface area (Å²) in [5, 5.41) is 3.17. The number of carbonyl (C=O) groups excluding carboxylic acids is 1. The van der Waals surface area contributed by atoms with Crippen LogP contribution < -0.4 is 20.3 Å². The number of nitrogens with one attached hydrogen (secondary N) is 2. The van der Waals surface area contributed by atoms with Crippen molar-refractivity contribution >= 4 is 11.6 Å². The molecule has 2 N–H and O–H groups in total. The topological polar surface area (TPSA) is 68.8 Å². The summed E-state index contributed by atoms with van der Waals surface area (Å²) < 4.78 is 11.8. The van der Waals surface area contributed by atoms with Crippen LogP contribution in [0.4, 0.5) is 0 Å². The fraction of sp³-hybridized carbons (Fsp3) is 0.444. The summed E-state index contributed by atoms with van der Waals surface area (Å²) in [6, 6.07) is 15.6. The van der Waals surface area contributed by atoms with Crippen molar-refractivity contribution in [3.63, 3.8) is 0 Å². The molecule has 2 aromatic rings. The second-order valence-electron chi connectivity index (χ2n) is 9.33. The first kappa shape index (κ1) is 21.8. The molecule has 0 unspecified atom stereocenters. The Labute approximate surface area is 195 Å². The van der Waals surface area contributed by atoms with Gasteiger partial charge in [0.25, 0.3) is 5.91 Å². The quantitative estimate of drug-likeness (QED) is 0.651. The van der Waals surface area contributed by atoms with E-state index in [0.29, 0.717) is 5.56 Å². The van der Waals surface area contributed by atoms with Gasteiger partial charge in [-0.2, -0.15) is 0 Å². The highest BCUT2D eigenvalue weighted by molar-refractivity contribution is 5.94. The van der Waals surface area contributed by atoms with Crippen LogP contribution in [0.15, 0.2) is 54.6 Å². The van der Waals surface area contributed by atoms with Crippen LogP contribution in [-0.2, 0) is 4.84 Å². The SMILES string of the molecule is COc1ccc(C2=CC3(CCC(NC(=O)c4ccccc4)CC3)ON2)cc1OC1CCCC1. The van der Waals surface area contributed by atoms with Crippen LogP contribution in [-0.4, -0.2) is 30.8 Å². The van der Waals surface area contributed by atoms with Crippen LogP contribution >= 0.6 is 0 Å². The molecule has 3 aliphatic rings. The first-order valence-corrected chi connectivity index (χ1v) is 12.0. The molecular weight excluding hydrogens is 416 g/mol. The third-order valence-electron chi connectivity index (χ3n) is 7.05. The van der Waals surface area contributed by atoms with Gasteiger partial charge in [0, 0.05) is 17.2 Å². The predicted octanol–water partition coefficient (Wildman–Crippen LogP) is 5.00. The van der Waals surface area contributed by atoms with Gasteiger partial charge in [-0.15, -0.1) is 0 Å². The molecule has 0 radical (unpaired) electrons. The lowest BCUT2D eigenvalue weighted by molar-refractivity contribution is -0.0594. The summed E-state index contributed by atoms with van der Waals surface area (Å²) in [6.45, 7) is 0. The number of hydrogen-bond acceptors (Lipinski definition) is 5. The third kappa shape index (κ3) is 4.86. The maximum Gasteiger partial charge on any atom is 0.251 e. The molecule has 1 spiro atoms. The number of ether oxygens (including phenoxy) is 2. The molecule has 2 fully saturated rings. The Bertz CT molecular complexity index is 1010. The minimum absolute atomic E-state index is 0.00808. The summed E-state index contributed by atoms with van der Waals surface area (Å²) in [5.41, 5.74) is 5.50. The second-order valence-corrected chi connectivity index (χ2v) is 9.33.